The van der Waals surface area contributed by atoms with Crippen LogP contribution in [0.2, 0.25) is 0 Å². The Labute approximate surface area is 179 Å². The van der Waals surface area contributed by atoms with Crippen molar-refractivity contribution in [2.45, 2.75) is 12.8 Å². The predicted molar refractivity (Wildman–Crippen MR) is 116 cm³/mol. The van der Waals surface area contributed by atoms with Crippen LogP contribution >= 0.6 is 0 Å². The van der Waals surface area contributed by atoms with Crippen LogP contribution in [0.25, 0.3) is 0 Å². The summed E-state index contributed by atoms with van der Waals surface area (Å²) in [6, 6.07) is 3.22. The third-order valence-corrected chi connectivity index (χ3v) is 4.55. The van der Waals surface area contributed by atoms with Crippen molar-refractivity contribution in [1.29, 1.82) is 0 Å². The summed E-state index contributed by atoms with van der Waals surface area (Å²) in [6.45, 7) is 2.44. The van der Waals surface area contributed by atoms with E-state index < -0.39 is 5.92 Å². The minimum absolute atomic E-state index is 0.121. The molecule has 9 heteroatoms. The molecule has 170 valence electrons. The number of likely N-dealkylation sites (N-methyl/N-ethyl adjacent to an activating group) is 1. The highest BCUT2D eigenvalue weighted by molar-refractivity contribution is 6.00. The number of carbonyl (C=O) groups is 2. The zero-order valence-corrected chi connectivity index (χ0v) is 18.9. The van der Waals surface area contributed by atoms with Crippen molar-refractivity contribution >= 4 is 11.8 Å². The Kier molecular flexibility index (Phi) is 11.0. The van der Waals surface area contributed by atoms with Crippen LogP contribution in [-0.2, 0) is 16.0 Å². The summed E-state index contributed by atoms with van der Waals surface area (Å²) in [5.41, 5.74) is 0.651. The molecule has 0 spiro atoms. The fraction of sp³-hybridized carbons (Fsp3) is 0.619. The van der Waals surface area contributed by atoms with E-state index in [9.17, 15) is 14.7 Å². The third kappa shape index (κ3) is 8.46. The predicted octanol–water partition coefficient (Wildman–Crippen LogP) is 0.314. The molecule has 0 heterocycles. The summed E-state index contributed by atoms with van der Waals surface area (Å²) in [7, 11) is 10.6. The van der Waals surface area contributed by atoms with Gasteiger partial charge in [0, 0.05) is 19.6 Å². The number of hydrogen-bond donors (Lipinski definition) is 3. The van der Waals surface area contributed by atoms with Gasteiger partial charge in [0.1, 0.15) is 5.92 Å². The number of ether oxygens (including phenoxy) is 2. The number of nitrogens with zero attached hydrogens (tertiary/aromatic N) is 2. The molecular weight excluding hydrogens is 388 g/mol. The summed E-state index contributed by atoms with van der Waals surface area (Å²) >= 11 is 0. The molecule has 0 saturated carbocycles. The maximum atomic E-state index is 12.8. The first-order valence-corrected chi connectivity index (χ1v) is 9.98. The second-order valence-electron chi connectivity index (χ2n) is 7.65. The minimum Gasteiger partial charge on any atom is -0.502 e. The van der Waals surface area contributed by atoms with Crippen LogP contribution < -0.4 is 20.1 Å². The summed E-state index contributed by atoms with van der Waals surface area (Å²) in [5.74, 6) is -1.26. The van der Waals surface area contributed by atoms with Crippen molar-refractivity contribution in [3.05, 3.63) is 17.7 Å². The quantitative estimate of drug-likeness (QED) is 0.309. The Morgan fingerprint density at radius 2 is 1.43 bits per heavy atom. The zero-order chi connectivity index (χ0) is 22.7. The van der Waals surface area contributed by atoms with E-state index in [0.717, 1.165) is 13.0 Å². The third-order valence-electron chi connectivity index (χ3n) is 4.55. The van der Waals surface area contributed by atoms with Gasteiger partial charge in [0.05, 0.1) is 14.2 Å². The number of amides is 2. The summed E-state index contributed by atoms with van der Waals surface area (Å²) in [4.78, 5) is 29.6. The molecule has 0 aliphatic rings. The van der Waals surface area contributed by atoms with Gasteiger partial charge in [0.15, 0.2) is 11.5 Å². The van der Waals surface area contributed by atoms with Crippen molar-refractivity contribution in [1.82, 2.24) is 20.4 Å². The highest BCUT2D eigenvalue weighted by Gasteiger charge is 2.27. The first-order valence-electron chi connectivity index (χ1n) is 9.98. The first-order chi connectivity index (χ1) is 14.2. The monoisotopic (exact) mass is 424 g/mol. The second-order valence-corrected chi connectivity index (χ2v) is 7.65. The van der Waals surface area contributed by atoms with E-state index in [2.05, 4.69) is 10.6 Å². The number of aromatic hydroxyl groups is 1. The lowest BCUT2D eigenvalue weighted by atomic mass is 9.96. The molecule has 9 nitrogen and oxygen atoms in total. The molecule has 0 aliphatic carbocycles. The smallest absolute Gasteiger partial charge is 0.232 e. The molecule has 0 aliphatic heterocycles. The van der Waals surface area contributed by atoms with Crippen molar-refractivity contribution in [2.75, 3.05) is 68.6 Å². The van der Waals surface area contributed by atoms with Crippen molar-refractivity contribution < 1.29 is 24.2 Å². The molecule has 0 bridgehead atoms. The molecular formula is C21H36N4O5. The molecule has 1 aromatic rings. The van der Waals surface area contributed by atoms with Crippen LogP contribution in [0.1, 0.15) is 12.0 Å². The van der Waals surface area contributed by atoms with Gasteiger partial charge < -0.3 is 35.0 Å². The van der Waals surface area contributed by atoms with E-state index in [-0.39, 0.29) is 35.5 Å². The van der Waals surface area contributed by atoms with Gasteiger partial charge in [0.2, 0.25) is 17.6 Å². The largest absolute Gasteiger partial charge is 0.502 e. The number of phenols is 1. The highest BCUT2D eigenvalue weighted by atomic mass is 16.5. The molecule has 30 heavy (non-hydrogen) atoms. The molecule has 3 N–H and O–H groups in total. The van der Waals surface area contributed by atoms with Crippen LogP contribution in [0.4, 0.5) is 0 Å². The number of nitrogens with one attached hydrogen (secondary N) is 2. The maximum Gasteiger partial charge on any atom is 0.232 e. The van der Waals surface area contributed by atoms with Crippen LogP contribution in [0.5, 0.6) is 17.2 Å². The number of benzene rings is 1. The van der Waals surface area contributed by atoms with Crippen molar-refractivity contribution in [3.8, 4) is 17.2 Å². The Hall–Kier alpha value is -2.52. The lowest BCUT2D eigenvalue weighted by Gasteiger charge is -2.19. The SMILES string of the molecule is COc1cc(CC(C(=O)NCCCN(C)C)C(=O)NCCN(C)C)cc(OC)c1O. The molecule has 1 unspecified atom stereocenters. The van der Waals surface area contributed by atoms with Crippen molar-refractivity contribution in [2.24, 2.45) is 5.92 Å². The first kappa shape index (κ1) is 25.5. The van der Waals surface area contributed by atoms with Crippen molar-refractivity contribution in [3.63, 3.8) is 0 Å². The molecule has 0 aromatic heterocycles. The number of hydrogen-bond acceptors (Lipinski definition) is 7. The minimum atomic E-state index is -0.912. The summed E-state index contributed by atoms with van der Waals surface area (Å²) in [6.07, 6.45) is 0.939. The van der Waals surface area contributed by atoms with E-state index >= 15 is 0 Å². The van der Waals surface area contributed by atoms with Gasteiger partial charge in [-0.2, -0.15) is 0 Å². The van der Waals surface area contributed by atoms with Crippen LogP contribution in [0.15, 0.2) is 12.1 Å². The average Bonchev–Trinajstić information content (AvgIpc) is 2.69. The fourth-order valence-corrected chi connectivity index (χ4v) is 2.86. The van der Waals surface area contributed by atoms with Gasteiger partial charge >= 0.3 is 0 Å². The van der Waals surface area contributed by atoms with Crippen LogP contribution in [-0.4, -0.2) is 95.3 Å². The molecule has 1 rings (SSSR count). The van der Waals surface area contributed by atoms with Gasteiger partial charge in [0.25, 0.3) is 0 Å². The van der Waals surface area contributed by atoms with E-state index in [1.54, 1.807) is 12.1 Å². The van der Waals surface area contributed by atoms with Gasteiger partial charge in [-0.15, -0.1) is 0 Å². The van der Waals surface area contributed by atoms with E-state index in [4.69, 9.17) is 9.47 Å². The van der Waals surface area contributed by atoms with Gasteiger partial charge in [-0.3, -0.25) is 9.59 Å². The lowest BCUT2D eigenvalue weighted by Crippen LogP contribution is -2.44. The Balaban J connectivity index is 2.96. The normalized spacial score (nSPS) is 12.0. The summed E-state index contributed by atoms with van der Waals surface area (Å²) in [5, 5.41) is 15.8. The molecule has 0 fully saturated rings. The molecule has 1 atom stereocenters. The second kappa shape index (κ2) is 12.9. The maximum absolute atomic E-state index is 12.8. The lowest BCUT2D eigenvalue weighted by molar-refractivity contribution is -0.135. The average molecular weight is 425 g/mol. The molecule has 2 amide bonds. The van der Waals surface area contributed by atoms with Gasteiger partial charge in [-0.25, -0.2) is 0 Å². The van der Waals surface area contributed by atoms with Crippen LogP contribution in [0.3, 0.4) is 0 Å². The standard InChI is InChI=1S/C21H36N4O5/c1-24(2)10-7-8-22-20(27)16(21(28)23-9-11-25(3)4)12-15-13-17(29-5)19(26)18(14-15)30-6/h13-14,16,26H,7-12H2,1-6H3,(H,22,27)(H,23,28). The number of carbonyl (C=O) groups excluding carboxylic acids is 2. The van der Waals surface area contributed by atoms with Gasteiger partial charge in [-0.1, -0.05) is 0 Å². The fourth-order valence-electron chi connectivity index (χ4n) is 2.86. The topological polar surface area (TPSA) is 103 Å². The zero-order valence-electron chi connectivity index (χ0n) is 18.9. The Bertz CT molecular complexity index is 669. The number of methoxy groups -OCH3 is 2. The van der Waals surface area contributed by atoms with E-state index in [1.165, 1.54) is 14.2 Å². The molecule has 1 aromatic carbocycles. The highest BCUT2D eigenvalue weighted by Crippen LogP contribution is 2.37. The van der Waals surface area contributed by atoms with Gasteiger partial charge in [-0.05, 0) is 65.3 Å². The Morgan fingerprint density at radius 1 is 0.933 bits per heavy atom. The van der Waals surface area contributed by atoms with E-state index in [1.807, 2.05) is 38.0 Å². The van der Waals surface area contributed by atoms with E-state index in [0.29, 0.717) is 25.2 Å². The molecule has 0 saturated heterocycles. The molecule has 0 radical (unpaired) electrons. The van der Waals surface area contributed by atoms with Crippen LogP contribution in [0, 0.1) is 5.92 Å². The Morgan fingerprint density at radius 3 is 1.90 bits per heavy atom. The number of rotatable bonds is 13. The number of phenolic OH excluding ortho intramolecular Hbond substituents is 1. The summed E-state index contributed by atoms with van der Waals surface area (Å²) < 4.78 is 10.4.